The van der Waals surface area contributed by atoms with Crippen LogP contribution in [0.25, 0.3) is 0 Å². The maximum absolute atomic E-state index is 3.60. The van der Waals surface area contributed by atoms with Gasteiger partial charge in [0.1, 0.15) is 0 Å². The molecule has 2 nitrogen and oxygen atoms in total. The Bertz CT molecular complexity index is 156. The molecule has 1 rings (SSSR count). The molecule has 1 heterocycles. The lowest BCUT2D eigenvalue weighted by Crippen LogP contribution is -2.43. The molecule has 2 unspecified atom stereocenters. The zero-order chi connectivity index (χ0) is 11.1. The van der Waals surface area contributed by atoms with Gasteiger partial charge in [0.05, 0.1) is 0 Å². The van der Waals surface area contributed by atoms with Crippen molar-refractivity contribution in [3.05, 3.63) is 0 Å². The standard InChI is InChI=1S/C12H26N2S/c1-4-11(2)13-10-12(3)14-6-5-8-15-9-7-14/h11-13H,4-10H2,1-3H3. The van der Waals surface area contributed by atoms with E-state index in [2.05, 4.69) is 42.7 Å². The van der Waals surface area contributed by atoms with Gasteiger partial charge in [-0.05, 0) is 39.0 Å². The van der Waals surface area contributed by atoms with E-state index in [-0.39, 0.29) is 0 Å². The second-order valence-corrected chi connectivity index (χ2v) is 5.79. The summed E-state index contributed by atoms with van der Waals surface area (Å²) >= 11 is 2.10. The van der Waals surface area contributed by atoms with E-state index >= 15 is 0 Å². The fourth-order valence-electron chi connectivity index (χ4n) is 1.85. The zero-order valence-corrected chi connectivity index (χ0v) is 11.3. The van der Waals surface area contributed by atoms with Gasteiger partial charge in [0.2, 0.25) is 0 Å². The van der Waals surface area contributed by atoms with E-state index in [1.165, 1.54) is 37.4 Å². The van der Waals surface area contributed by atoms with Gasteiger partial charge in [-0.1, -0.05) is 6.92 Å². The molecule has 0 bridgehead atoms. The molecule has 0 aliphatic carbocycles. The van der Waals surface area contributed by atoms with E-state index in [9.17, 15) is 0 Å². The first-order chi connectivity index (χ1) is 7.24. The van der Waals surface area contributed by atoms with E-state index < -0.39 is 0 Å². The van der Waals surface area contributed by atoms with Gasteiger partial charge in [0.25, 0.3) is 0 Å². The molecule has 15 heavy (non-hydrogen) atoms. The van der Waals surface area contributed by atoms with E-state index in [0.29, 0.717) is 12.1 Å². The van der Waals surface area contributed by atoms with Gasteiger partial charge >= 0.3 is 0 Å². The van der Waals surface area contributed by atoms with Crippen molar-refractivity contribution in [2.45, 2.75) is 45.7 Å². The Morgan fingerprint density at radius 2 is 2.07 bits per heavy atom. The highest BCUT2D eigenvalue weighted by Crippen LogP contribution is 2.12. The van der Waals surface area contributed by atoms with Crippen LogP contribution in [0.5, 0.6) is 0 Å². The molecule has 1 N–H and O–H groups in total. The van der Waals surface area contributed by atoms with E-state index in [1.54, 1.807) is 0 Å². The molecule has 0 saturated carbocycles. The second kappa shape index (κ2) is 7.53. The predicted octanol–water partition coefficient (Wildman–Crippen LogP) is 2.20. The first-order valence-corrected chi connectivity index (χ1v) is 7.44. The molecule has 90 valence electrons. The Balaban J connectivity index is 2.22. The first kappa shape index (κ1) is 13.3. The van der Waals surface area contributed by atoms with Crippen molar-refractivity contribution >= 4 is 11.8 Å². The summed E-state index contributed by atoms with van der Waals surface area (Å²) in [7, 11) is 0. The summed E-state index contributed by atoms with van der Waals surface area (Å²) in [5.41, 5.74) is 0. The van der Waals surface area contributed by atoms with Crippen molar-refractivity contribution in [2.24, 2.45) is 0 Å². The predicted molar refractivity (Wildman–Crippen MR) is 70.7 cm³/mol. The van der Waals surface area contributed by atoms with Crippen molar-refractivity contribution in [1.29, 1.82) is 0 Å². The lowest BCUT2D eigenvalue weighted by Gasteiger charge is -2.28. The molecule has 1 saturated heterocycles. The van der Waals surface area contributed by atoms with Crippen molar-refractivity contribution in [3.8, 4) is 0 Å². The summed E-state index contributed by atoms with van der Waals surface area (Å²) in [6, 6.07) is 1.35. The lowest BCUT2D eigenvalue weighted by atomic mass is 10.2. The molecular formula is C12H26N2S. The second-order valence-electron chi connectivity index (χ2n) is 4.57. The zero-order valence-electron chi connectivity index (χ0n) is 10.5. The Hall–Kier alpha value is 0.270. The van der Waals surface area contributed by atoms with Crippen molar-refractivity contribution in [3.63, 3.8) is 0 Å². The fourth-order valence-corrected chi connectivity index (χ4v) is 2.75. The Morgan fingerprint density at radius 3 is 2.80 bits per heavy atom. The van der Waals surface area contributed by atoms with E-state index in [4.69, 9.17) is 0 Å². The van der Waals surface area contributed by atoms with E-state index in [1.807, 2.05) is 0 Å². The number of nitrogens with zero attached hydrogens (tertiary/aromatic N) is 1. The third-order valence-electron chi connectivity index (χ3n) is 3.25. The average molecular weight is 230 g/mol. The minimum absolute atomic E-state index is 0.661. The monoisotopic (exact) mass is 230 g/mol. The van der Waals surface area contributed by atoms with Gasteiger partial charge in [-0.2, -0.15) is 11.8 Å². The van der Waals surface area contributed by atoms with Crippen LogP contribution in [0.3, 0.4) is 0 Å². The van der Waals surface area contributed by atoms with Crippen LogP contribution in [-0.2, 0) is 0 Å². The lowest BCUT2D eigenvalue weighted by molar-refractivity contribution is 0.216. The summed E-state index contributed by atoms with van der Waals surface area (Å²) in [5, 5.41) is 3.60. The molecule has 2 atom stereocenters. The Kier molecular flexibility index (Phi) is 6.69. The van der Waals surface area contributed by atoms with Crippen molar-refractivity contribution in [2.75, 3.05) is 31.1 Å². The quantitative estimate of drug-likeness (QED) is 0.779. The van der Waals surface area contributed by atoms with Crippen LogP contribution in [0.4, 0.5) is 0 Å². The van der Waals surface area contributed by atoms with E-state index in [0.717, 1.165) is 6.54 Å². The van der Waals surface area contributed by atoms with Crippen molar-refractivity contribution < 1.29 is 0 Å². The van der Waals surface area contributed by atoms with Crippen LogP contribution < -0.4 is 5.32 Å². The van der Waals surface area contributed by atoms with Gasteiger partial charge in [-0.15, -0.1) is 0 Å². The third-order valence-corrected chi connectivity index (χ3v) is 4.30. The normalized spacial score (nSPS) is 23.4. The summed E-state index contributed by atoms with van der Waals surface area (Å²) < 4.78 is 0. The molecule has 1 aliphatic rings. The molecule has 0 aromatic carbocycles. The fraction of sp³-hybridized carbons (Fsp3) is 1.00. The number of hydrogen-bond donors (Lipinski definition) is 1. The summed E-state index contributed by atoms with van der Waals surface area (Å²) in [6.07, 6.45) is 2.58. The molecule has 0 radical (unpaired) electrons. The molecule has 3 heteroatoms. The highest BCUT2D eigenvalue weighted by Gasteiger charge is 2.15. The SMILES string of the molecule is CCC(C)NCC(C)N1CCCSCC1. The minimum atomic E-state index is 0.661. The van der Waals surface area contributed by atoms with Crippen LogP contribution in [0.2, 0.25) is 0 Å². The highest BCUT2D eigenvalue weighted by molar-refractivity contribution is 7.99. The Morgan fingerprint density at radius 1 is 1.27 bits per heavy atom. The van der Waals surface area contributed by atoms with Gasteiger partial charge in [0.15, 0.2) is 0 Å². The molecule has 0 amide bonds. The summed E-state index contributed by atoms with van der Waals surface area (Å²) in [6.45, 7) is 10.6. The number of hydrogen-bond acceptors (Lipinski definition) is 3. The van der Waals surface area contributed by atoms with Crippen LogP contribution in [-0.4, -0.2) is 48.1 Å². The molecule has 1 fully saturated rings. The molecule has 0 aromatic heterocycles. The first-order valence-electron chi connectivity index (χ1n) is 6.29. The molecular weight excluding hydrogens is 204 g/mol. The maximum Gasteiger partial charge on any atom is 0.0192 e. The van der Waals surface area contributed by atoms with Gasteiger partial charge in [-0.3, -0.25) is 4.90 Å². The molecule has 0 aromatic rings. The van der Waals surface area contributed by atoms with Gasteiger partial charge < -0.3 is 5.32 Å². The minimum Gasteiger partial charge on any atom is -0.313 e. The van der Waals surface area contributed by atoms with Gasteiger partial charge in [0, 0.05) is 30.9 Å². The van der Waals surface area contributed by atoms with Crippen molar-refractivity contribution in [1.82, 2.24) is 10.2 Å². The van der Waals surface area contributed by atoms with Crippen LogP contribution in [0.1, 0.15) is 33.6 Å². The molecule has 0 spiro atoms. The number of thioether (sulfide) groups is 1. The topological polar surface area (TPSA) is 15.3 Å². The maximum atomic E-state index is 3.60. The largest absolute Gasteiger partial charge is 0.313 e. The summed E-state index contributed by atoms with van der Waals surface area (Å²) in [5.74, 6) is 2.66. The Labute approximate surface area is 99.2 Å². The number of rotatable bonds is 5. The van der Waals surface area contributed by atoms with Crippen LogP contribution in [0, 0.1) is 0 Å². The summed E-state index contributed by atoms with van der Waals surface area (Å²) in [4.78, 5) is 2.63. The van der Waals surface area contributed by atoms with Gasteiger partial charge in [-0.25, -0.2) is 0 Å². The van der Waals surface area contributed by atoms with Crippen LogP contribution >= 0.6 is 11.8 Å². The molecule has 1 aliphatic heterocycles. The highest BCUT2D eigenvalue weighted by atomic mass is 32.2. The smallest absolute Gasteiger partial charge is 0.0192 e. The number of nitrogens with one attached hydrogen (secondary N) is 1. The third kappa shape index (κ3) is 5.23. The average Bonchev–Trinajstić information content (AvgIpc) is 2.53. The van der Waals surface area contributed by atoms with Crippen LogP contribution in [0.15, 0.2) is 0 Å².